The fourth-order valence-corrected chi connectivity index (χ4v) is 2.00. The van der Waals surface area contributed by atoms with E-state index in [1.807, 2.05) is 0 Å². The van der Waals surface area contributed by atoms with Crippen LogP contribution in [-0.4, -0.2) is 34.6 Å². The van der Waals surface area contributed by atoms with Gasteiger partial charge in [0.1, 0.15) is 5.69 Å². The Morgan fingerprint density at radius 2 is 2.25 bits per heavy atom. The summed E-state index contributed by atoms with van der Waals surface area (Å²) in [6.45, 7) is 3.53. The van der Waals surface area contributed by atoms with Gasteiger partial charge in [0.2, 0.25) is 11.1 Å². The van der Waals surface area contributed by atoms with Gasteiger partial charge in [-0.1, -0.05) is 0 Å². The van der Waals surface area contributed by atoms with Crippen LogP contribution in [0.1, 0.15) is 25.0 Å². The number of nitrogens with zero attached hydrogens (tertiary/aromatic N) is 3. The van der Waals surface area contributed by atoms with Gasteiger partial charge in [-0.25, -0.2) is 4.98 Å². The van der Waals surface area contributed by atoms with Crippen molar-refractivity contribution >= 4 is 23.1 Å². The molecule has 0 spiro atoms. The molecule has 110 valence electrons. The zero-order valence-corrected chi connectivity index (χ0v) is 12.0. The molecule has 0 aliphatic heterocycles. The Labute approximate surface area is 121 Å². The topological polar surface area (TPSA) is 90.2 Å². The van der Waals surface area contributed by atoms with Crippen molar-refractivity contribution in [2.45, 2.75) is 26.2 Å². The van der Waals surface area contributed by atoms with Crippen LogP contribution in [0.4, 0.5) is 11.5 Å². The van der Waals surface area contributed by atoms with Crippen molar-refractivity contribution in [1.29, 1.82) is 0 Å². The average Bonchev–Trinajstić information content (AvgIpc) is 3.16. The van der Waals surface area contributed by atoms with Gasteiger partial charge in [0, 0.05) is 19.8 Å². The first-order chi connectivity index (χ1) is 9.58. The molecule has 1 saturated carbocycles. The van der Waals surface area contributed by atoms with Crippen molar-refractivity contribution in [2.75, 3.05) is 25.1 Å². The third-order valence-electron chi connectivity index (χ3n) is 3.02. The highest BCUT2D eigenvalue weighted by atomic mass is 35.5. The highest BCUT2D eigenvalue weighted by Crippen LogP contribution is 2.29. The van der Waals surface area contributed by atoms with Gasteiger partial charge in [-0.15, -0.1) is 0 Å². The Morgan fingerprint density at radius 3 is 2.90 bits per heavy atom. The van der Waals surface area contributed by atoms with Gasteiger partial charge >= 0.3 is 5.69 Å². The van der Waals surface area contributed by atoms with Crippen molar-refractivity contribution in [3.05, 3.63) is 21.1 Å². The summed E-state index contributed by atoms with van der Waals surface area (Å²) in [5.41, 5.74) is 0.121. The summed E-state index contributed by atoms with van der Waals surface area (Å²) in [6, 6.07) is 0. The highest BCUT2D eigenvalue weighted by Gasteiger charge is 2.22. The van der Waals surface area contributed by atoms with E-state index in [2.05, 4.69) is 15.3 Å². The fraction of sp³-hybridized carbons (Fsp3) is 0.667. The molecule has 0 radical (unpaired) electrons. The van der Waals surface area contributed by atoms with Crippen LogP contribution in [0.2, 0.25) is 5.28 Å². The molecule has 1 aromatic rings. The second-order valence-electron chi connectivity index (χ2n) is 4.83. The molecule has 1 fully saturated rings. The maximum atomic E-state index is 11.0. The van der Waals surface area contributed by atoms with E-state index in [9.17, 15) is 10.1 Å². The van der Waals surface area contributed by atoms with Gasteiger partial charge in [0.05, 0.1) is 4.92 Å². The molecule has 0 amide bonds. The average molecular weight is 301 g/mol. The van der Waals surface area contributed by atoms with Crippen LogP contribution in [0.5, 0.6) is 0 Å². The lowest BCUT2D eigenvalue weighted by molar-refractivity contribution is -0.385. The maximum Gasteiger partial charge on any atom is 0.332 e. The fourth-order valence-electron chi connectivity index (χ4n) is 1.79. The maximum absolute atomic E-state index is 11.0. The van der Waals surface area contributed by atoms with Crippen LogP contribution in [0.25, 0.3) is 0 Å². The minimum absolute atomic E-state index is 0.000540. The van der Waals surface area contributed by atoms with Gasteiger partial charge in [0.15, 0.2) is 0 Å². The summed E-state index contributed by atoms with van der Waals surface area (Å²) in [4.78, 5) is 18.1. The Balaban J connectivity index is 1.82. The number of aryl methyl sites for hydroxylation is 1. The SMILES string of the molecule is Cc1nc(Cl)nc(NCCCOCC2CC2)c1[N+](=O)[O-]. The van der Waals surface area contributed by atoms with Crippen LogP contribution in [0, 0.1) is 23.0 Å². The summed E-state index contributed by atoms with van der Waals surface area (Å²) >= 11 is 5.72. The summed E-state index contributed by atoms with van der Waals surface area (Å²) in [6.07, 6.45) is 3.29. The lowest BCUT2D eigenvalue weighted by Crippen LogP contribution is -2.11. The quantitative estimate of drug-likeness (QED) is 0.343. The third-order valence-corrected chi connectivity index (χ3v) is 3.19. The van der Waals surface area contributed by atoms with Crippen LogP contribution >= 0.6 is 11.6 Å². The number of ether oxygens (including phenoxy) is 1. The summed E-state index contributed by atoms with van der Waals surface area (Å²) in [7, 11) is 0. The van der Waals surface area contributed by atoms with Gasteiger partial charge < -0.3 is 10.1 Å². The van der Waals surface area contributed by atoms with E-state index in [1.165, 1.54) is 19.8 Å². The Morgan fingerprint density at radius 1 is 1.50 bits per heavy atom. The Bertz CT molecular complexity index is 494. The molecule has 1 aliphatic rings. The molecule has 0 bridgehead atoms. The zero-order chi connectivity index (χ0) is 14.5. The molecule has 20 heavy (non-hydrogen) atoms. The number of anilines is 1. The monoisotopic (exact) mass is 300 g/mol. The van der Waals surface area contributed by atoms with Gasteiger partial charge in [-0.3, -0.25) is 10.1 Å². The second-order valence-corrected chi connectivity index (χ2v) is 5.17. The molecule has 0 unspecified atom stereocenters. The first-order valence-electron chi connectivity index (χ1n) is 6.58. The van der Waals surface area contributed by atoms with Gasteiger partial charge in [-0.05, 0) is 43.7 Å². The molecule has 7 nitrogen and oxygen atoms in total. The predicted octanol–water partition coefficient (Wildman–Crippen LogP) is 2.58. The number of nitrogens with one attached hydrogen (secondary N) is 1. The molecule has 1 N–H and O–H groups in total. The molecule has 8 heteroatoms. The lowest BCUT2D eigenvalue weighted by atomic mass is 10.3. The summed E-state index contributed by atoms with van der Waals surface area (Å²) in [5.74, 6) is 0.905. The molecule has 0 aromatic carbocycles. The van der Waals surface area contributed by atoms with E-state index >= 15 is 0 Å². The predicted molar refractivity (Wildman–Crippen MR) is 75.1 cm³/mol. The van der Waals surface area contributed by atoms with E-state index in [-0.39, 0.29) is 22.5 Å². The third kappa shape index (κ3) is 4.28. The van der Waals surface area contributed by atoms with Crippen molar-refractivity contribution in [3.8, 4) is 0 Å². The zero-order valence-electron chi connectivity index (χ0n) is 11.3. The van der Waals surface area contributed by atoms with Crippen molar-refractivity contribution < 1.29 is 9.66 Å². The number of rotatable bonds is 8. The van der Waals surface area contributed by atoms with E-state index in [1.54, 1.807) is 0 Å². The normalized spacial score (nSPS) is 14.3. The molecule has 0 atom stereocenters. The molecule has 0 saturated heterocycles. The second kappa shape index (κ2) is 6.81. The highest BCUT2D eigenvalue weighted by molar-refractivity contribution is 6.28. The van der Waals surface area contributed by atoms with Crippen LogP contribution in [0.15, 0.2) is 0 Å². The van der Waals surface area contributed by atoms with Crippen molar-refractivity contribution in [1.82, 2.24) is 9.97 Å². The van der Waals surface area contributed by atoms with E-state index in [4.69, 9.17) is 16.3 Å². The largest absolute Gasteiger partial charge is 0.381 e. The van der Waals surface area contributed by atoms with Crippen molar-refractivity contribution in [2.24, 2.45) is 5.92 Å². The smallest absolute Gasteiger partial charge is 0.332 e. The number of halogens is 1. The molecule has 1 aliphatic carbocycles. The Hall–Kier alpha value is -1.47. The molecule has 2 rings (SSSR count). The van der Waals surface area contributed by atoms with Crippen LogP contribution in [0.3, 0.4) is 0 Å². The molecule has 1 heterocycles. The van der Waals surface area contributed by atoms with Crippen LogP contribution in [-0.2, 0) is 4.74 Å². The summed E-state index contributed by atoms with van der Waals surface area (Å²) < 4.78 is 5.49. The van der Waals surface area contributed by atoms with E-state index < -0.39 is 4.92 Å². The van der Waals surface area contributed by atoms with Crippen molar-refractivity contribution in [3.63, 3.8) is 0 Å². The summed E-state index contributed by atoms with van der Waals surface area (Å²) in [5, 5.41) is 13.9. The number of hydrogen-bond acceptors (Lipinski definition) is 6. The minimum Gasteiger partial charge on any atom is -0.381 e. The van der Waals surface area contributed by atoms with E-state index in [0.717, 1.165) is 18.9 Å². The van der Waals surface area contributed by atoms with Crippen LogP contribution < -0.4 is 5.32 Å². The van der Waals surface area contributed by atoms with Gasteiger partial charge in [-0.2, -0.15) is 4.98 Å². The number of aromatic nitrogens is 2. The Kier molecular flexibility index (Phi) is 5.08. The first-order valence-corrected chi connectivity index (χ1v) is 6.96. The lowest BCUT2D eigenvalue weighted by Gasteiger charge is -2.08. The number of hydrogen-bond donors (Lipinski definition) is 1. The standard InChI is InChI=1S/C12H17ClN4O3/c1-8-10(17(18)19)11(16-12(13)15-8)14-5-2-6-20-7-9-3-4-9/h9H,2-7H2,1H3,(H,14,15,16). The number of nitro groups is 1. The molecule has 1 aromatic heterocycles. The first kappa shape index (κ1) is 14.9. The molecular formula is C12H17ClN4O3. The minimum atomic E-state index is -0.502. The van der Waals surface area contributed by atoms with E-state index in [0.29, 0.717) is 13.2 Å². The molecular weight excluding hydrogens is 284 g/mol. The van der Waals surface area contributed by atoms with Gasteiger partial charge in [0.25, 0.3) is 0 Å².